The molecule has 0 unspecified atom stereocenters. The second kappa shape index (κ2) is 9.42. The van der Waals surface area contributed by atoms with Crippen molar-refractivity contribution in [2.75, 3.05) is 20.2 Å². The molecule has 2 N–H and O–H groups in total. The predicted octanol–water partition coefficient (Wildman–Crippen LogP) is 2.46. The number of carbonyl (C=O) groups is 2. The summed E-state index contributed by atoms with van der Waals surface area (Å²) < 4.78 is 5.43. The van der Waals surface area contributed by atoms with E-state index in [0.717, 1.165) is 31.4 Å². The van der Waals surface area contributed by atoms with Crippen molar-refractivity contribution in [3.63, 3.8) is 0 Å². The van der Waals surface area contributed by atoms with Gasteiger partial charge in [0.1, 0.15) is 6.04 Å². The van der Waals surface area contributed by atoms with Gasteiger partial charge in [-0.15, -0.1) is 0 Å². The second-order valence-electron chi connectivity index (χ2n) is 6.59. The molecule has 1 aromatic carbocycles. The molecule has 2 rings (SSSR count). The van der Waals surface area contributed by atoms with E-state index in [2.05, 4.69) is 17.6 Å². The third-order valence-electron chi connectivity index (χ3n) is 4.71. The first kappa shape index (κ1) is 19.2. The maximum absolute atomic E-state index is 12.5. The molecule has 138 valence electrons. The number of carbonyl (C=O) groups excluding carboxylic acids is 2. The molecule has 6 heteroatoms. The van der Waals surface area contributed by atoms with Crippen LogP contribution in [-0.4, -0.2) is 49.1 Å². The van der Waals surface area contributed by atoms with E-state index >= 15 is 0 Å². The fourth-order valence-electron chi connectivity index (χ4n) is 3.17. The molecule has 1 fully saturated rings. The molecule has 25 heavy (non-hydrogen) atoms. The van der Waals surface area contributed by atoms with Gasteiger partial charge in [0.25, 0.3) is 0 Å². The van der Waals surface area contributed by atoms with E-state index in [-0.39, 0.29) is 24.1 Å². The number of hydrogen-bond donors (Lipinski definition) is 2. The lowest BCUT2D eigenvalue weighted by atomic mass is 10.0. The highest BCUT2D eigenvalue weighted by Gasteiger charge is 2.27. The number of likely N-dealkylation sites (tertiary alicyclic amines) is 1. The smallest absolute Gasteiger partial charge is 0.315 e. The average molecular weight is 347 g/mol. The summed E-state index contributed by atoms with van der Waals surface area (Å²) in [6.45, 7) is 4.90. The summed E-state index contributed by atoms with van der Waals surface area (Å²) in [7, 11) is 1.61. The third kappa shape index (κ3) is 5.46. The van der Waals surface area contributed by atoms with Crippen molar-refractivity contribution in [3.05, 3.63) is 35.9 Å². The Morgan fingerprint density at radius 3 is 2.64 bits per heavy atom. The van der Waals surface area contributed by atoms with Crippen LogP contribution in [-0.2, 0) is 9.53 Å². The number of hydrogen-bond acceptors (Lipinski definition) is 3. The lowest BCUT2D eigenvalue weighted by Crippen LogP contribution is -2.53. The molecule has 0 bridgehead atoms. The van der Waals surface area contributed by atoms with Gasteiger partial charge in [0.05, 0.1) is 6.10 Å². The van der Waals surface area contributed by atoms with E-state index < -0.39 is 6.04 Å². The van der Waals surface area contributed by atoms with Crippen molar-refractivity contribution in [2.45, 2.75) is 51.3 Å². The van der Waals surface area contributed by atoms with Crippen LogP contribution in [0.1, 0.15) is 44.8 Å². The van der Waals surface area contributed by atoms with Crippen LogP contribution in [0.25, 0.3) is 0 Å². The summed E-state index contributed by atoms with van der Waals surface area (Å²) in [6.07, 6.45) is 2.99. The van der Waals surface area contributed by atoms with Crippen molar-refractivity contribution < 1.29 is 14.3 Å². The molecular weight excluding hydrogens is 318 g/mol. The van der Waals surface area contributed by atoms with Crippen molar-refractivity contribution >= 4 is 11.9 Å². The molecule has 1 heterocycles. The maximum Gasteiger partial charge on any atom is 0.315 e. The second-order valence-corrected chi connectivity index (χ2v) is 6.59. The van der Waals surface area contributed by atoms with Gasteiger partial charge in [-0.25, -0.2) is 4.79 Å². The van der Waals surface area contributed by atoms with E-state index in [1.54, 1.807) is 14.0 Å². The van der Waals surface area contributed by atoms with Crippen LogP contribution in [0.5, 0.6) is 0 Å². The van der Waals surface area contributed by atoms with Crippen LogP contribution in [0, 0.1) is 0 Å². The number of ether oxygens (including phenoxy) is 1. The largest absolute Gasteiger partial charge is 0.375 e. The molecule has 1 saturated heterocycles. The summed E-state index contributed by atoms with van der Waals surface area (Å²) in [5, 5.41) is 5.52. The van der Waals surface area contributed by atoms with Gasteiger partial charge < -0.3 is 20.3 Å². The maximum atomic E-state index is 12.5. The Kier molecular flexibility index (Phi) is 7.25. The minimum absolute atomic E-state index is 0.0197. The number of amides is 3. The number of benzene rings is 1. The van der Waals surface area contributed by atoms with Gasteiger partial charge >= 0.3 is 6.03 Å². The van der Waals surface area contributed by atoms with Crippen LogP contribution in [0.15, 0.2) is 30.3 Å². The van der Waals surface area contributed by atoms with Crippen molar-refractivity contribution in [3.8, 4) is 0 Å². The van der Waals surface area contributed by atoms with E-state index in [9.17, 15) is 9.59 Å². The first-order valence-corrected chi connectivity index (χ1v) is 8.95. The van der Waals surface area contributed by atoms with E-state index in [0.29, 0.717) is 6.54 Å². The van der Waals surface area contributed by atoms with Gasteiger partial charge in [-0.2, -0.15) is 0 Å². The monoisotopic (exact) mass is 347 g/mol. The van der Waals surface area contributed by atoms with E-state index in [4.69, 9.17) is 4.74 Å². The van der Waals surface area contributed by atoms with Gasteiger partial charge in [-0.3, -0.25) is 4.79 Å². The predicted molar refractivity (Wildman–Crippen MR) is 97.2 cm³/mol. The topological polar surface area (TPSA) is 70.7 Å². The van der Waals surface area contributed by atoms with E-state index in [1.165, 1.54) is 0 Å². The molecule has 0 saturated carbocycles. The first-order valence-electron chi connectivity index (χ1n) is 8.95. The fraction of sp³-hybridized carbons (Fsp3) is 0.579. The minimum Gasteiger partial charge on any atom is -0.375 e. The number of nitrogens with one attached hydrogen (secondary N) is 2. The number of rotatable bonds is 6. The quantitative estimate of drug-likeness (QED) is 0.830. The molecular formula is C19H29N3O3. The SMILES string of the molecule is CO[C@H](CNC(=O)N[C@@H](C)C(=O)N1CCCC[C@H]1C)c1ccccc1. The Morgan fingerprint density at radius 1 is 1.28 bits per heavy atom. The number of piperidine rings is 1. The summed E-state index contributed by atoms with van der Waals surface area (Å²) >= 11 is 0. The van der Waals surface area contributed by atoms with Crippen LogP contribution in [0.2, 0.25) is 0 Å². The summed E-state index contributed by atoms with van der Waals surface area (Å²) in [6, 6.07) is 9.05. The zero-order valence-electron chi connectivity index (χ0n) is 15.3. The first-order chi connectivity index (χ1) is 12.0. The lowest BCUT2D eigenvalue weighted by Gasteiger charge is -2.35. The highest BCUT2D eigenvalue weighted by molar-refractivity contribution is 5.87. The molecule has 1 aliphatic heterocycles. The molecule has 1 aromatic rings. The summed E-state index contributed by atoms with van der Waals surface area (Å²) in [4.78, 5) is 26.5. The van der Waals surface area contributed by atoms with Gasteiger partial charge in [0.15, 0.2) is 0 Å². The Balaban J connectivity index is 1.81. The van der Waals surface area contributed by atoms with Crippen molar-refractivity contribution in [1.82, 2.24) is 15.5 Å². The zero-order chi connectivity index (χ0) is 18.2. The van der Waals surface area contributed by atoms with Crippen LogP contribution in [0.3, 0.4) is 0 Å². The number of nitrogens with zero attached hydrogens (tertiary/aromatic N) is 1. The van der Waals surface area contributed by atoms with Gasteiger partial charge in [0.2, 0.25) is 5.91 Å². The molecule has 1 aliphatic rings. The van der Waals surface area contributed by atoms with Crippen molar-refractivity contribution in [1.29, 1.82) is 0 Å². The molecule has 0 aromatic heterocycles. The highest BCUT2D eigenvalue weighted by Crippen LogP contribution is 2.17. The zero-order valence-corrected chi connectivity index (χ0v) is 15.3. The van der Waals surface area contributed by atoms with Crippen LogP contribution in [0.4, 0.5) is 4.79 Å². The Hall–Kier alpha value is -2.08. The molecule has 0 aliphatic carbocycles. The van der Waals surface area contributed by atoms with Crippen molar-refractivity contribution in [2.24, 2.45) is 0 Å². The third-order valence-corrected chi connectivity index (χ3v) is 4.71. The van der Waals surface area contributed by atoms with Gasteiger partial charge in [-0.05, 0) is 38.7 Å². The molecule has 0 spiro atoms. The summed E-state index contributed by atoms with van der Waals surface area (Å²) in [5.74, 6) is -0.0197. The number of urea groups is 1. The molecule has 3 atom stereocenters. The summed E-state index contributed by atoms with van der Waals surface area (Å²) in [5.41, 5.74) is 0.997. The standard InChI is InChI=1S/C19H29N3O3/c1-14-9-7-8-12-22(14)18(23)15(2)21-19(24)20-13-17(25-3)16-10-5-4-6-11-16/h4-6,10-11,14-15,17H,7-9,12-13H2,1-3H3,(H2,20,21,24)/t14-,15+,17-/m1/s1. The highest BCUT2D eigenvalue weighted by atomic mass is 16.5. The van der Waals surface area contributed by atoms with Crippen LogP contribution < -0.4 is 10.6 Å². The number of methoxy groups -OCH3 is 1. The average Bonchev–Trinajstić information content (AvgIpc) is 2.63. The minimum atomic E-state index is -0.543. The van der Waals surface area contributed by atoms with Gasteiger partial charge in [0, 0.05) is 26.2 Å². The Morgan fingerprint density at radius 2 is 2.00 bits per heavy atom. The molecule has 6 nitrogen and oxygen atoms in total. The lowest BCUT2D eigenvalue weighted by molar-refractivity contribution is -0.136. The Labute approximate surface area is 149 Å². The normalized spacial score (nSPS) is 19.8. The fourth-order valence-corrected chi connectivity index (χ4v) is 3.17. The van der Waals surface area contributed by atoms with E-state index in [1.807, 2.05) is 35.2 Å². The molecule has 0 radical (unpaired) electrons. The molecule has 3 amide bonds. The Bertz CT molecular complexity index is 564. The van der Waals surface area contributed by atoms with Crippen LogP contribution >= 0.6 is 0 Å². The van der Waals surface area contributed by atoms with Gasteiger partial charge in [-0.1, -0.05) is 30.3 Å².